The van der Waals surface area contributed by atoms with Crippen LogP contribution in [0.4, 0.5) is 5.69 Å². The topological polar surface area (TPSA) is 46.9 Å². The van der Waals surface area contributed by atoms with E-state index in [0.29, 0.717) is 10.7 Å². The van der Waals surface area contributed by atoms with Gasteiger partial charge in [0.15, 0.2) is 0 Å². The van der Waals surface area contributed by atoms with Crippen molar-refractivity contribution in [2.45, 2.75) is 27.3 Å². The maximum atomic E-state index is 11.9. The number of nitrogens with one attached hydrogen (secondary N) is 1. The Morgan fingerprint density at radius 1 is 1.32 bits per heavy atom. The number of carbonyl (C=O) groups is 1. The molecular weight excluding hydrogens is 262 g/mol. The van der Waals surface area contributed by atoms with Crippen LogP contribution in [0.2, 0.25) is 5.02 Å². The van der Waals surface area contributed by atoms with Gasteiger partial charge in [-0.15, -0.1) is 0 Å². The molecule has 1 heterocycles. The number of amides is 1. The van der Waals surface area contributed by atoms with Crippen molar-refractivity contribution in [1.82, 2.24) is 9.78 Å². The molecule has 0 aliphatic carbocycles. The van der Waals surface area contributed by atoms with Crippen molar-refractivity contribution in [3.63, 3.8) is 0 Å². The second kappa shape index (κ2) is 5.45. The average molecular weight is 278 g/mol. The van der Waals surface area contributed by atoms with Crippen LogP contribution in [-0.2, 0) is 11.3 Å². The molecule has 1 amide bonds. The quantitative estimate of drug-likeness (QED) is 0.937. The van der Waals surface area contributed by atoms with Gasteiger partial charge < -0.3 is 5.32 Å². The van der Waals surface area contributed by atoms with Crippen LogP contribution in [0.15, 0.2) is 24.3 Å². The van der Waals surface area contributed by atoms with Crippen molar-refractivity contribution < 1.29 is 4.79 Å². The molecule has 0 saturated carbocycles. The number of hydrogen-bond donors (Lipinski definition) is 1. The summed E-state index contributed by atoms with van der Waals surface area (Å²) in [6.45, 7) is 5.96. The Balaban J connectivity index is 2.07. The molecule has 0 atom stereocenters. The molecular formula is C14H16ClN3O. The van der Waals surface area contributed by atoms with Crippen LogP contribution in [-0.4, -0.2) is 15.7 Å². The third kappa shape index (κ3) is 3.35. The summed E-state index contributed by atoms with van der Waals surface area (Å²) >= 11 is 6.07. The number of rotatable bonds is 3. The van der Waals surface area contributed by atoms with Gasteiger partial charge in [-0.05, 0) is 44.5 Å². The highest BCUT2D eigenvalue weighted by Crippen LogP contribution is 2.22. The minimum atomic E-state index is -0.142. The smallest absolute Gasteiger partial charge is 0.246 e. The normalized spacial score (nSPS) is 10.5. The molecule has 0 saturated heterocycles. The van der Waals surface area contributed by atoms with Gasteiger partial charge in [0, 0.05) is 5.69 Å². The van der Waals surface area contributed by atoms with Crippen molar-refractivity contribution in [1.29, 1.82) is 0 Å². The predicted molar refractivity (Wildman–Crippen MR) is 76.5 cm³/mol. The molecule has 0 radical (unpaired) electrons. The molecule has 4 nitrogen and oxygen atoms in total. The molecule has 2 rings (SSSR count). The van der Waals surface area contributed by atoms with Crippen LogP contribution >= 0.6 is 11.6 Å². The summed E-state index contributed by atoms with van der Waals surface area (Å²) < 4.78 is 1.67. The Kier molecular flexibility index (Phi) is 3.90. The summed E-state index contributed by atoms with van der Waals surface area (Å²) in [5.41, 5.74) is 3.54. The monoisotopic (exact) mass is 277 g/mol. The SMILES string of the molecule is Cc1ccc(NC(=O)Cn2nc(C)cc2C)c(Cl)c1. The van der Waals surface area contributed by atoms with E-state index in [-0.39, 0.29) is 12.5 Å². The molecule has 0 unspecified atom stereocenters. The summed E-state index contributed by atoms with van der Waals surface area (Å²) in [7, 11) is 0. The summed E-state index contributed by atoms with van der Waals surface area (Å²) in [5.74, 6) is -0.142. The number of aryl methyl sites for hydroxylation is 3. The molecule has 1 N–H and O–H groups in total. The molecule has 2 aromatic rings. The molecule has 1 aromatic carbocycles. The van der Waals surface area contributed by atoms with E-state index in [1.165, 1.54) is 0 Å². The van der Waals surface area contributed by atoms with E-state index in [2.05, 4.69) is 10.4 Å². The van der Waals surface area contributed by atoms with Gasteiger partial charge in [-0.3, -0.25) is 9.48 Å². The highest BCUT2D eigenvalue weighted by molar-refractivity contribution is 6.33. The van der Waals surface area contributed by atoms with Gasteiger partial charge in [0.05, 0.1) is 16.4 Å². The third-order valence-corrected chi connectivity index (χ3v) is 3.11. The van der Waals surface area contributed by atoms with Crippen LogP contribution in [0.3, 0.4) is 0 Å². The molecule has 100 valence electrons. The van der Waals surface area contributed by atoms with E-state index in [4.69, 9.17) is 11.6 Å². The van der Waals surface area contributed by atoms with E-state index >= 15 is 0 Å². The van der Waals surface area contributed by atoms with Crippen LogP contribution in [0.1, 0.15) is 17.0 Å². The minimum absolute atomic E-state index is 0.142. The van der Waals surface area contributed by atoms with Crippen molar-refractivity contribution in [2.24, 2.45) is 0 Å². The zero-order chi connectivity index (χ0) is 14.0. The largest absolute Gasteiger partial charge is 0.323 e. The third-order valence-electron chi connectivity index (χ3n) is 2.80. The fraction of sp³-hybridized carbons (Fsp3) is 0.286. The second-order valence-corrected chi connectivity index (χ2v) is 5.02. The van der Waals surface area contributed by atoms with Crippen LogP contribution in [0.25, 0.3) is 0 Å². The molecule has 0 aliphatic heterocycles. The molecule has 1 aromatic heterocycles. The number of carbonyl (C=O) groups excluding carboxylic acids is 1. The predicted octanol–water partition coefficient (Wildman–Crippen LogP) is 3.10. The molecule has 19 heavy (non-hydrogen) atoms. The molecule has 0 bridgehead atoms. The number of benzene rings is 1. The van der Waals surface area contributed by atoms with Crippen LogP contribution < -0.4 is 5.32 Å². The number of aromatic nitrogens is 2. The zero-order valence-corrected chi connectivity index (χ0v) is 12.0. The van der Waals surface area contributed by atoms with Crippen molar-refractivity contribution in [2.75, 3.05) is 5.32 Å². The Morgan fingerprint density at radius 3 is 2.63 bits per heavy atom. The Morgan fingerprint density at radius 2 is 2.05 bits per heavy atom. The van der Waals surface area contributed by atoms with E-state index < -0.39 is 0 Å². The van der Waals surface area contributed by atoms with Gasteiger partial charge in [-0.1, -0.05) is 17.7 Å². The van der Waals surface area contributed by atoms with Crippen molar-refractivity contribution >= 4 is 23.2 Å². The van der Waals surface area contributed by atoms with Crippen molar-refractivity contribution in [3.8, 4) is 0 Å². The lowest BCUT2D eigenvalue weighted by Crippen LogP contribution is -2.20. The highest BCUT2D eigenvalue weighted by Gasteiger charge is 2.09. The fourth-order valence-electron chi connectivity index (χ4n) is 1.88. The number of hydrogen-bond acceptors (Lipinski definition) is 2. The Bertz CT molecular complexity index is 619. The number of halogens is 1. The second-order valence-electron chi connectivity index (χ2n) is 4.62. The van der Waals surface area contributed by atoms with Gasteiger partial charge in [0.1, 0.15) is 6.54 Å². The van der Waals surface area contributed by atoms with Crippen LogP contribution in [0, 0.1) is 20.8 Å². The molecule has 0 fully saturated rings. The van der Waals surface area contributed by atoms with Gasteiger partial charge in [0.2, 0.25) is 5.91 Å². The maximum absolute atomic E-state index is 11.9. The summed E-state index contributed by atoms with van der Waals surface area (Å²) in [6.07, 6.45) is 0. The Hall–Kier alpha value is -1.81. The summed E-state index contributed by atoms with van der Waals surface area (Å²) in [6, 6.07) is 7.47. The van der Waals surface area contributed by atoms with Crippen LogP contribution in [0.5, 0.6) is 0 Å². The lowest BCUT2D eigenvalue weighted by Gasteiger charge is -2.09. The lowest BCUT2D eigenvalue weighted by molar-refractivity contribution is -0.116. The van der Waals surface area contributed by atoms with Gasteiger partial charge >= 0.3 is 0 Å². The summed E-state index contributed by atoms with van der Waals surface area (Å²) in [5, 5.41) is 7.59. The van der Waals surface area contributed by atoms with E-state index in [1.807, 2.05) is 39.0 Å². The first-order valence-electron chi connectivity index (χ1n) is 6.03. The van der Waals surface area contributed by atoms with Gasteiger partial charge in [0.25, 0.3) is 0 Å². The maximum Gasteiger partial charge on any atom is 0.246 e. The molecule has 0 aliphatic rings. The first-order chi connectivity index (χ1) is 8.95. The minimum Gasteiger partial charge on any atom is -0.323 e. The van der Waals surface area contributed by atoms with E-state index in [9.17, 15) is 4.79 Å². The van der Waals surface area contributed by atoms with E-state index in [0.717, 1.165) is 17.0 Å². The Labute approximate surface area is 117 Å². The highest BCUT2D eigenvalue weighted by atomic mass is 35.5. The van der Waals surface area contributed by atoms with E-state index in [1.54, 1.807) is 10.7 Å². The zero-order valence-electron chi connectivity index (χ0n) is 11.2. The number of nitrogens with zero attached hydrogens (tertiary/aromatic N) is 2. The summed E-state index contributed by atoms with van der Waals surface area (Å²) in [4.78, 5) is 11.9. The van der Waals surface area contributed by atoms with Gasteiger partial charge in [-0.25, -0.2) is 0 Å². The first-order valence-corrected chi connectivity index (χ1v) is 6.40. The first kappa shape index (κ1) is 13.6. The van der Waals surface area contributed by atoms with Crippen molar-refractivity contribution in [3.05, 3.63) is 46.2 Å². The average Bonchev–Trinajstić information content (AvgIpc) is 2.61. The fourth-order valence-corrected chi connectivity index (χ4v) is 2.16. The standard InChI is InChI=1S/C14H16ClN3O/c1-9-4-5-13(12(15)6-9)16-14(19)8-18-11(3)7-10(2)17-18/h4-7H,8H2,1-3H3,(H,16,19). The molecule has 0 spiro atoms. The van der Waals surface area contributed by atoms with Gasteiger partial charge in [-0.2, -0.15) is 5.10 Å². The number of anilines is 1. The molecule has 5 heteroatoms. The lowest BCUT2D eigenvalue weighted by atomic mass is 10.2.